The highest BCUT2D eigenvalue weighted by molar-refractivity contribution is 5.93. The van der Waals surface area contributed by atoms with Crippen LogP contribution >= 0.6 is 0 Å². The van der Waals surface area contributed by atoms with Gasteiger partial charge >= 0.3 is 0 Å². The molecule has 0 saturated heterocycles. The zero-order valence-electron chi connectivity index (χ0n) is 16.1. The average Bonchev–Trinajstić information content (AvgIpc) is 3.45. The fourth-order valence-electron chi connectivity index (χ4n) is 2.86. The third-order valence-corrected chi connectivity index (χ3v) is 4.58. The van der Waals surface area contributed by atoms with Crippen LogP contribution in [0, 0.1) is 0 Å². The van der Waals surface area contributed by atoms with Crippen molar-refractivity contribution in [3.05, 3.63) is 72.0 Å². The number of amides is 1. The molecule has 1 atom stereocenters. The highest BCUT2D eigenvalue weighted by atomic mass is 16.5. The maximum atomic E-state index is 12.6. The number of hydrogen-bond acceptors (Lipinski definition) is 6. The molecule has 3 heterocycles. The second-order valence-electron chi connectivity index (χ2n) is 6.60. The molecule has 146 valence electrons. The van der Waals surface area contributed by atoms with Crippen molar-refractivity contribution in [1.29, 1.82) is 0 Å². The molecule has 0 fully saturated rings. The molecule has 3 aromatic heterocycles. The summed E-state index contributed by atoms with van der Waals surface area (Å²) in [5.74, 6) is 0.466. The second-order valence-corrected chi connectivity index (χ2v) is 6.60. The van der Waals surface area contributed by atoms with Crippen molar-refractivity contribution in [3.8, 4) is 22.6 Å². The van der Waals surface area contributed by atoms with Crippen LogP contribution in [0.5, 0.6) is 0 Å². The van der Waals surface area contributed by atoms with Crippen LogP contribution in [0.15, 0.2) is 59.4 Å². The van der Waals surface area contributed by atoms with Crippen molar-refractivity contribution in [2.24, 2.45) is 0 Å². The van der Waals surface area contributed by atoms with Crippen molar-refractivity contribution in [3.63, 3.8) is 0 Å². The summed E-state index contributed by atoms with van der Waals surface area (Å²) in [6.45, 7) is 3.89. The molecule has 4 aromatic rings. The minimum Gasteiger partial charge on any atom is -0.339 e. The summed E-state index contributed by atoms with van der Waals surface area (Å²) in [5, 5.41) is 13.8. The highest BCUT2D eigenvalue weighted by Crippen LogP contribution is 2.20. The zero-order chi connectivity index (χ0) is 20.2. The van der Waals surface area contributed by atoms with Gasteiger partial charge in [-0.3, -0.25) is 14.9 Å². The number of carbonyl (C=O) groups is 1. The van der Waals surface area contributed by atoms with E-state index in [1.54, 1.807) is 37.5 Å². The summed E-state index contributed by atoms with van der Waals surface area (Å²) in [7, 11) is 0. The van der Waals surface area contributed by atoms with E-state index in [1.807, 2.05) is 12.1 Å². The van der Waals surface area contributed by atoms with Gasteiger partial charge in [-0.25, -0.2) is 0 Å². The molecule has 0 aliphatic heterocycles. The number of H-pyrrole nitrogens is 1. The topological polar surface area (TPSA) is 110 Å². The molecule has 0 saturated carbocycles. The van der Waals surface area contributed by atoms with Crippen LogP contribution in [0.1, 0.15) is 41.8 Å². The molecule has 0 unspecified atom stereocenters. The maximum absolute atomic E-state index is 12.6. The Morgan fingerprint density at radius 3 is 2.62 bits per heavy atom. The minimum atomic E-state index is -0.457. The number of benzene rings is 1. The Bertz CT molecular complexity index is 1100. The molecule has 0 bridgehead atoms. The molecular weight excluding hydrogens is 368 g/mol. The number of aryl methyl sites for hydroxylation is 1. The Labute approximate surface area is 167 Å². The predicted octanol–water partition coefficient (Wildman–Crippen LogP) is 3.58. The summed E-state index contributed by atoms with van der Waals surface area (Å²) in [5.41, 5.74) is 4.07. The second kappa shape index (κ2) is 8.05. The Balaban J connectivity index is 1.44. The van der Waals surface area contributed by atoms with E-state index in [-0.39, 0.29) is 5.91 Å². The SMILES string of the molecule is CCc1ccc(-c2cc(C(=O)N[C@H](C)c3nc(-c4ccncc4)no3)[nH]n2)cc1. The van der Waals surface area contributed by atoms with E-state index in [0.717, 1.165) is 17.5 Å². The molecule has 29 heavy (non-hydrogen) atoms. The fourth-order valence-corrected chi connectivity index (χ4v) is 2.86. The molecule has 0 aliphatic rings. The number of nitrogens with one attached hydrogen (secondary N) is 2. The van der Waals surface area contributed by atoms with Crippen LogP contribution in [0.25, 0.3) is 22.6 Å². The summed E-state index contributed by atoms with van der Waals surface area (Å²) in [4.78, 5) is 20.9. The molecule has 1 amide bonds. The minimum absolute atomic E-state index is 0.301. The summed E-state index contributed by atoms with van der Waals surface area (Å²) >= 11 is 0. The number of rotatable bonds is 6. The van der Waals surface area contributed by atoms with Gasteiger partial charge in [-0.05, 0) is 37.1 Å². The van der Waals surface area contributed by atoms with E-state index in [0.29, 0.717) is 23.1 Å². The predicted molar refractivity (Wildman–Crippen MR) is 107 cm³/mol. The summed E-state index contributed by atoms with van der Waals surface area (Å²) in [6, 6.07) is 13.0. The van der Waals surface area contributed by atoms with Crippen molar-refractivity contribution in [1.82, 2.24) is 30.6 Å². The lowest BCUT2D eigenvalue weighted by Gasteiger charge is -2.07. The van der Waals surface area contributed by atoms with Gasteiger partial charge in [-0.15, -0.1) is 0 Å². The van der Waals surface area contributed by atoms with Crippen molar-refractivity contribution >= 4 is 5.91 Å². The van der Waals surface area contributed by atoms with Crippen molar-refractivity contribution in [2.75, 3.05) is 0 Å². The van der Waals surface area contributed by atoms with Gasteiger partial charge in [0.25, 0.3) is 5.91 Å². The van der Waals surface area contributed by atoms with Crippen molar-refractivity contribution < 1.29 is 9.32 Å². The standard InChI is InChI=1S/C21H20N6O2/c1-3-14-4-6-15(7-5-14)17-12-18(26-25-17)20(28)23-13(2)21-24-19(27-29-21)16-8-10-22-11-9-16/h4-13H,3H2,1-2H3,(H,23,28)(H,25,26)/t13-/m1/s1. The van der Waals surface area contributed by atoms with Crippen LogP contribution in [-0.2, 0) is 6.42 Å². The van der Waals surface area contributed by atoms with Gasteiger partial charge in [0.1, 0.15) is 11.7 Å². The third kappa shape index (κ3) is 4.06. The smallest absolute Gasteiger partial charge is 0.269 e. The number of pyridine rings is 1. The molecule has 8 heteroatoms. The lowest BCUT2D eigenvalue weighted by Crippen LogP contribution is -2.27. The Morgan fingerprint density at radius 2 is 1.90 bits per heavy atom. The van der Waals surface area contributed by atoms with E-state index in [2.05, 4.69) is 49.7 Å². The van der Waals surface area contributed by atoms with E-state index >= 15 is 0 Å². The molecule has 0 aliphatic carbocycles. The van der Waals surface area contributed by atoms with Crippen LogP contribution in [-0.4, -0.2) is 31.2 Å². The fraction of sp³-hybridized carbons (Fsp3) is 0.190. The van der Waals surface area contributed by atoms with E-state index in [4.69, 9.17) is 4.52 Å². The first-order chi connectivity index (χ1) is 14.1. The number of carbonyl (C=O) groups excluding carboxylic acids is 1. The number of hydrogen-bond donors (Lipinski definition) is 2. The quantitative estimate of drug-likeness (QED) is 0.522. The number of aromatic amines is 1. The van der Waals surface area contributed by atoms with Gasteiger partial charge in [0, 0.05) is 23.5 Å². The monoisotopic (exact) mass is 388 g/mol. The first-order valence-corrected chi connectivity index (χ1v) is 9.33. The van der Waals surface area contributed by atoms with E-state index < -0.39 is 6.04 Å². The largest absolute Gasteiger partial charge is 0.339 e. The van der Waals surface area contributed by atoms with Crippen LogP contribution < -0.4 is 5.32 Å². The zero-order valence-corrected chi connectivity index (χ0v) is 16.1. The van der Waals surface area contributed by atoms with Crippen molar-refractivity contribution in [2.45, 2.75) is 26.3 Å². The van der Waals surface area contributed by atoms with Gasteiger partial charge in [0.05, 0.1) is 5.69 Å². The highest BCUT2D eigenvalue weighted by Gasteiger charge is 2.19. The maximum Gasteiger partial charge on any atom is 0.269 e. The van der Waals surface area contributed by atoms with Gasteiger partial charge in [-0.2, -0.15) is 10.1 Å². The molecule has 4 rings (SSSR count). The Morgan fingerprint density at radius 1 is 1.14 bits per heavy atom. The molecule has 0 radical (unpaired) electrons. The van der Waals surface area contributed by atoms with Crippen LogP contribution in [0.3, 0.4) is 0 Å². The van der Waals surface area contributed by atoms with E-state index in [9.17, 15) is 4.79 Å². The average molecular weight is 388 g/mol. The Kier molecular flexibility index (Phi) is 5.15. The number of nitrogens with zero attached hydrogens (tertiary/aromatic N) is 4. The normalized spacial score (nSPS) is 11.9. The van der Waals surface area contributed by atoms with E-state index in [1.165, 1.54) is 5.56 Å². The van der Waals surface area contributed by atoms with Gasteiger partial charge in [0.15, 0.2) is 0 Å². The number of aromatic nitrogens is 5. The third-order valence-electron chi connectivity index (χ3n) is 4.58. The van der Waals surface area contributed by atoms with Crippen LogP contribution in [0.2, 0.25) is 0 Å². The van der Waals surface area contributed by atoms with Gasteiger partial charge in [-0.1, -0.05) is 36.3 Å². The van der Waals surface area contributed by atoms with Gasteiger partial charge in [0.2, 0.25) is 11.7 Å². The molecule has 2 N–H and O–H groups in total. The molecule has 8 nitrogen and oxygen atoms in total. The summed E-state index contributed by atoms with van der Waals surface area (Å²) in [6.07, 6.45) is 4.29. The molecular formula is C21H20N6O2. The summed E-state index contributed by atoms with van der Waals surface area (Å²) < 4.78 is 5.29. The van der Waals surface area contributed by atoms with Crippen LogP contribution in [0.4, 0.5) is 0 Å². The molecule has 0 spiro atoms. The van der Waals surface area contributed by atoms with Gasteiger partial charge < -0.3 is 9.84 Å². The molecule has 1 aromatic carbocycles. The lowest BCUT2D eigenvalue weighted by molar-refractivity contribution is 0.0927. The first kappa shape index (κ1) is 18.5. The lowest BCUT2D eigenvalue weighted by atomic mass is 10.1. The first-order valence-electron chi connectivity index (χ1n) is 9.33. The Hall–Kier alpha value is -3.81.